The molecule has 0 aliphatic heterocycles. The first-order valence-electron chi connectivity index (χ1n) is 5.89. The van der Waals surface area contributed by atoms with Crippen LogP contribution in [-0.2, 0) is 20.1 Å². The number of hydrogen-bond donors (Lipinski definition) is 2. The molecule has 0 radical (unpaired) electrons. The number of thiocarbonyl (C=S) groups is 1. The summed E-state index contributed by atoms with van der Waals surface area (Å²) in [5.41, 5.74) is 2.09. The van der Waals surface area contributed by atoms with Crippen molar-refractivity contribution < 1.29 is 0 Å². The van der Waals surface area contributed by atoms with Crippen molar-refractivity contribution in [1.29, 1.82) is 0 Å². The molecule has 0 bridgehead atoms. The third kappa shape index (κ3) is 3.94. The summed E-state index contributed by atoms with van der Waals surface area (Å²) in [5.74, 6) is 0. The molecule has 2 rings (SSSR count). The molecule has 19 heavy (non-hydrogen) atoms. The van der Waals surface area contributed by atoms with E-state index in [1.807, 2.05) is 37.4 Å². The van der Waals surface area contributed by atoms with Crippen LogP contribution in [0.4, 0.5) is 0 Å². The van der Waals surface area contributed by atoms with Gasteiger partial charge in [0.15, 0.2) is 5.11 Å². The number of benzene rings is 1. The fraction of sp³-hybridized carbons (Fsp3) is 0.231. The summed E-state index contributed by atoms with van der Waals surface area (Å²) in [5, 5.41) is 11.6. The number of aromatic nitrogens is 2. The number of aryl methyl sites for hydroxylation is 1. The van der Waals surface area contributed by atoms with Crippen LogP contribution in [0.2, 0.25) is 5.02 Å². The molecule has 2 N–H and O–H groups in total. The molecule has 1 aromatic heterocycles. The SMILES string of the molecule is Cn1ncc(Cl)c1CNC(=S)NCc1ccccc1. The van der Waals surface area contributed by atoms with Crippen LogP contribution in [-0.4, -0.2) is 14.9 Å². The van der Waals surface area contributed by atoms with Gasteiger partial charge in [-0.1, -0.05) is 41.9 Å². The summed E-state index contributed by atoms with van der Waals surface area (Å²) in [7, 11) is 1.85. The Hall–Kier alpha value is -1.59. The van der Waals surface area contributed by atoms with E-state index in [1.165, 1.54) is 5.56 Å². The molecule has 6 heteroatoms. The first-order chi connectivity index (χ1) is 9.16. The van der Waals surface area contributed by atoms with Crippen molar-refractivity contribution in [3.63, 3.8) is 0 Å². The van der Waals surface area contributed by atoms with Gasteiger partial charge in [0.05, 0.1) is 23.5 Å². The fourth-order valence-corrected chi connectivity index (χ4v) is 2.02. The fourth-order valence-electron chi connectivity index (χ4n) is 1.64. The first kappa shape index (κ1) is 13.8. The Balaban J connectivity index is 1.79. The van der Waals surface area contributed by atoms with E-state index in [-0.39, 0.29) is 0 Å². The second-order valence-corrected chi connectivity index (χ2v) is 4.90. The minimum absolute atomic E-state index is 0.552. The van der Waals surface area contributed by atoms with Crippen LogP contribution in [0, 0.1) is 0 Å². The van der Waals surface area contributed by atoms with Crippen molar-refractivity contribution in [2.24, 2.45) is 7.05 Å². The van der Waals surface area contributed by atoms with Gasteiger partial charge in [0.25, 0.3) is 0 Å². The van der Waals surface area contributed by atoms with Crippen LogP contribution in [0.1, 0.15) is 11.3 Å². The Kier molecular flexibility index (Phi) is 4.76. The smallest absolute Gasteiger partial charge is 0.166 e. The Morgan fingerprint density at radius 3 is 2.58 bits per heavy atom. The molecule has 0 saturated heterocycles. The van der Waals surface area contributed by atoms with Crippen molar-refractivity contribution in [2.75, 3.05) is 0 Å². The van der Waals surface area contributed by atoms with Gasteiger partial charge in [0, 0.05) is 13.6 Å². The number of nitrogens with one attached hydrogen (secondary N) is 2. The van der Waals surface area contributed by atoms with Crippen molar-refractivity contribution in [3.8, 4) is 0 Å². The van der Waals surface area contributed by atoms with E-state index in [1.54, 1.807) is 10.9 Å². The normalized spacial score (nSPS) is 10.2. The molecule has 0 aliphatic carbocycles. The maximum atomic E-state index is 6.01. The van der Waals surface area contributed by atoms with Gasteiger partial charge < -0.3 is 10.6 Å². The highest BCUT2D eigenvalue weighted by Gasteiger charge is 2.06. The van der Waals surface area contributed by atoms with Gasteiger partial charge in [-0.25, -0.2) is 0 Å². The number of halogens is 1. The lowest BCUT2D eigenvalue weighted by molar-refractivity contribution is 0.688. The van der Waals surface area contributed by atoms with Gasteiger partial charge in [-0.15, -0.1) is 0 Å². The Bertz CT molecular complexity index is 534. The highest BCUT2D eigenvalue weighted by atomic mass is 35.5. The van der Waals surface area contributed by atoms with Gasteiger partial charge in [-0.2, -0.15) is 5.10 Å². The summed E-state index contributed by atoms with van der Waals surface area (Å²) in [4.78, 5) is 0. The molecule has 4 nitrogen and oxygen atoms in total. The van der Waals surface area contributed by atoms with Crippen LogP contribution in [0.3, 0.4) is 0 Å². The van der Waals surface area contributed by atoms with Crippen LogP contribution in [0.5, 0.6) is 0 Å². The summed E-state index contributed by atoms with van der Waals surface area (Å²) in [6.45, 7) is 1.25. The molecule has 0 unspecified atom stereocenters. The maximum Gasteiger partial charge on any atom is 0.166 e. The van der Waals surface area contributed by atoms with E-state index in [0.29, 0.717) is 23.2 Å². The predicted molar refractivity (Wildman–Crippen MR) is 80.9 cm³/mol. The quantitative estimate of drug-likeness (QED) is 0.849. The first-order valence-corrected chi connectivity index (χ1v) is 6.67. The molecule has 2 aromatic rings. The Morgan fingerprint density at radius 1 is 1.26 bits per heavy atom. The highest BCUT2D eigenvalue weighted by Crippen LogP contribution is 2.13. The van der Waals surface area contributed by atoms with Gasteiger partial charge >= 0.3 is 0 Å². The second kappa shape index (κ2) is 6.54. The molecular formula is C13H15ClN4S. The lowest BCUT2D eigenvalue weighted by Crippen LogP contribution is -2.34. The van der Waals surface area contributed by atoms with Gasteiger partial charge in [-0.05, 0) is 17.8 Å². The lowest BCUT2D eigenvalue weighted by Gasteiger charge is -2.11. The summed E-state index contributed by atoms with van der Waals surface area (Å²) >= 11 is 11.2. The zero-order valence-electron chi connectivity index (χ0n) is 10.6. The molecule has 1 aromatic carbocycles. The van der Waals surface area contributed by atoms with Crippen LogP contribution >= 0.6 is 23.8 Å². The molecule has 0 spiro atoms. The van der Waals surface area contributed by atoms with Crippen LogP contribution in [0.25, 0.3) is 0 Å². The maximum absolute atomic E-state index is 6.01. The topological polar surface area (TPSA) is 41.9 Å². The van der Waals surface area contributed by atoms with Crippen molar-refractivity contribution in [2.45, 2.75) is 13.1 Å². The van der Waals surface area contributed by atoms with E-state index >= 15 is 0 Å². The third-order valence-corrected chi connectivity index (χ3v) is 3.33. The van der Waals surface area contributed by atoms with Crippen LogP contribution in [0.15, 0.2) is 36.5 Å². The molecule has 1 heterocycles. The summed E-state index contributed by atoms with van der Waals surface area (Å²) in [6, 6.07) is 10.1. The van der Waals surface area contributed by atoms with Crippen molar-refractivity contribution in [3.05, 3.63) is 52.8 Å². The van der Waals surface area contributed by atoms with Crippen LogP contribution < -0.4 is 10.6 Å². The summed E-state index contributed by atoms with van der Waals surface area (Å²) < 4.78 is 1.73. The van der Waals surface area contributed by atoms with Gasteiger partial charge in [0.2, 0.25) is 0 Å². The highest BCUT2D eigenvalue weighted by molar-refractivity contribution is 7.80. The average Bonchev–Trinajstić information content (AvgIpc) is 2.75. The van der Waals surface area contributed by atoms with Crippen molar-refractivity contribution >= 4 is 28.9 Å². The minimum atomic E-state index is 0.552. The van der Waals surface area contributed by atoms with E-state index in [0.717, 1.165) is 5.69 Å². The summed E-state index contributed by atoms with van der Waals surface area (Å²) in [6.07, 6.45) is 1.62. The zero-order chi connectivity index (χ0) is 13.7. The zero-order valence-corrected chi connectivity index (χ0v) is 12.1. The minimum Gasteiger partial charge on any atom is -0.359 e. The predicted octanol–water partition coefficient (Wildman–Crippen LogP) is 2.24. The number of rotatable bonds is 4. The largest absolute Gasteiger partial charge is 0.359 e. The average molecular weight is 295 g/mol. The second-order valence-electron chi connectivity index (χ2n) is 4.08. The lowest BCUT2D eigenvalue weighted by atomic mass is 10.2. The van der Waals surface area contributed by atoms with E-state index in [4.69, 9.17) is 23.8 Å². The standard InChI is InChI=1S/C13H15ClN4S/c1-18-12(11(14)8-17-18)9-16-13(19)15-7-10-5-3-2-4-6-10/h2-6,8H,7,9H2,1H3,(H2,15,16,19). The van der Waals surface area contributed by atoms with Gasteiger partial charge in [0.1, 0.15) is 0 Å². The molecule has 0 aliphatic rings. The molecule has 0 amide bonds. The molecule has 0 atom stereocenters. The molecular weight excluding hydrogens is 280 g/mol. The monoisotopic (exact) mass is 294 g/mol. The Labute approximate surface area is 122 Å². The third-order valence-electron chi connectivity index (χ3n) is 2.72. The number of hydrogen-bond acceptors (Lipinski definition) is 2. The van der Waals surface area contributed by atoms with E-state index in [2.05, 4.69) is 15.7 Å². The molecule has 0 saturated carbocycles. The van der Waals surface area contributed by atoms with E-state index in [9.17, 15) is 0 Å². The van der Waals surface area contributed by atoms with Crippen molar-refractivity contribution in [1.82, 2.24) is 20.4 Å². The molecule has 0 fully saturated rings. The Morgan fingerprint density at radius 2 is 1.95 bits per heavy atom. The van der Waals surface area contributed by atoms with Gasteiger partial charge in [-0.3, -0.25) is 4.68 Å². The molecule has 100 valence electrons. The number of nitrogens with zero attached hydrogens (tertiary/aromatic N) is 2. The van der Waals surface area contributed by atoms with E-state index < -0.39 is 0 Å².